The third-order valence-electron chi connectivity index (χ3n) is 4.65. The lowest BCUT2D eigenvalue weighted by Gasteiger charge is -2.20. The Hall–Kier alpha value is -2.67. The van der Waals surface area contributed by atoms with Gasteiger partial charge in [-0.2, -0.15) is 0 Å². The number of nitrogens with one attached hydrogen (secondary N) is 1. The van der Waals surface area contributed by atoms with E-state index < -0.39 is 15.1 Å². The number of amides is 2. The van der Waals surface area contributed by atoms with Gasteiger partial charge in [-0.15, -0.1) is 0 Å². The second kappa shape index (κ2) is 7.92. The van der Waals surface area contributed by atoms with E-state index in [0.717, 1.165) is 5.56 Å². The third kappa shape index (κ3) is 4.54. The first-order chi connectivity index (χ1) is 12.9. The summed E-state index contributed by atoms with van der Waals surface area (Å²) in [6.07, 6.45) is 0.377. The van der Waals surface area contributed by atoms with Crippen LogP contribution in [-0.2, 0) is 14.6 Å². The highest BCUT2D eigenvalue weighted by Crippen LogP contribution is 2.29. The molecule has 0 bridgehead atoms. The predicted molar refractivity (Wildman–Crippen MR) is 104 cm³/mol. The Kier molecular flexibility index (Phi) is 5.60. The Labute approximate surface area is 159 Å². The number of carbonyl (C=O) groups excluding carboxylic acids is 2. The van der Waals surface area contributed by atoms with Gasteiger partial charge < -0.3 is 10.2 Å². The normalized spacial score (nSPS) is 19.1. The Morgan fingerprint density at radius 1 is 1.00 bits per heavy atom. The van der Waals surface area contributed by atoms with Crippen LogP contribution in [0.4, 0.5) is 5.69 Å². The molecular weight excluding hydrogens is 364 g/mol. The summed E-state index contributed by atoms with van der Waals surface area (Å²) in [5.41, 5.74) is 1.85. The number of sulfone groups is 1. The van der Waals surface area contributed by atoms with Crippen molar-refractivity contribution in [2.75, 3.05) is 24.2 Å². The summed E-state index contributed by atoms with van der Waals surface area (Å²) in [6, 6.07) is 15.8. The van der Waals surface area contributed by atoms with Crippen LogP contribution in [0.5, 0.6) is 0 Å². The third-order valence-corrected chi connectivity index (χ3v) is 6.78. The number of carbonyl (C=O) groups is 2. The molecule has 0 aliphatic carbocycles. The number of hydrogen-bond donors (Lipinski definition) is 1. The Morgan fingerprint density at radius 2 is 1.67 bits per heavy atom. The second-order valence-electron chi connectivity index (χ2n) is 6.61. The van der Waals surface area contributed by atoms with Crippen molar-refractivity contribution in [2.45, 2.75) is 18.6 Å². The molecule has 3 rings (SSSR count). The molecular formula is C20H22N2O4S. The van der Waals surface area contributed by atoms with E-state index in [-0.39, 0.29) is 24.1 Å². The molecule has 2 aromatic carbocycles. The summed E-state index contributed by atoms with van der Waals surface area (Å²) in [4.78, 5) is 25.5. The van der Waals surface area contributed by atoms with Crippen LogP contribution in [-0.4, -0.2) is 44.0 Å². The molecule has 6 nitrogen and oxygen atoms in total. The molecule has 1 N–H and O–H groups in total. The first kappa shape index (κ1) is 19.1. The highest BCUT2D eigenvalue weighted by Gasteiger charge is 2.32. The lowest BCUT2D eigenvalue weighted by molar-refractivity contribution is -0.114. The van der Waals surface area contributed by atoms with Crippen molar-refractivity contribution < 1.29 is 18.0 Å². The Morgan fingerprint density at radius 3 is 2.30 bits per heavy atom. The van der Waals surface area contributed by atoms with Gasteiger partial charge in [-0.1, -0.05) is 30.3 Å². The summed E-state index contributed by atoms with van der Waals surface area (Å²) >= 11 is 0. The molecule has 1 heterocycles. The number of hydrogen-bond acceptors (Lipinski definition) is 4. The van der Waals surface area contributed by atoms with Gasteiger partial charge in [0.25, 0.3) is 5.91 Å². The van der Waals surface area contributed by atoms with Crippen molar-refractivity contribution in [3.05, 3.63) is 65.7 Å². The molecule has 1 aliphatic heterocycles. The molecule has 1 fully saturated rings. The summed E-state index contributed by atoms with van der Waals surface area (Å²) in [5.74, 6) is -0.436. The molecule has 27 heavy (non-hydrogen) atoms. The molecule has 1 aliphatic rings. The quantitative estimate of drug-likeness (QED) is 0.879. The summed E-state index contributed by atoms with van der Waals surface area (Å²) < 4.78 is 25.4. The van der Waals surface area contributed by atoms with Crippen LogP contribution in [0, 0.1) is 0 Å². The van der Waals surface area contributed by atoms with E-state index in [1.807, 2.05) is 30.3 Å². The van der Waals surface area contributed by atoms with Crippen molar-refractivity contribution in [3.63, 3.8) is 0 Å². The van der Waals surface area contributed by atoms with E-state index in [1.165, 1.54) is 6.92 Å². The highest BCUT2D eigenvalue weighted by atomic mass is 32.2. The van der Waals surface area contributed by atoms with Gasteiger partial charge >= 0.3 is 0 Å². The van der Waals surface area contributed by atoms with E-state index in [0.29, 0.717) is 24.2 Å². The van der Waals surface area contributed by atoms with E-state index in [4.69, 9.17) is 0 Å². The zero-order chi connectivity index (χ0) is 19.4. The van der Waals surface area contributed by atoms with Crippen molar-refractivity contribution in [1.29, 1.82) is 0 Å². The number of anilines is 1. The molecule has 142 valence electrons. The van der Waals surface area contributed by atoms with Crippen molar-refractivity contribution in [1.82, 2.24) is 4.90 Å². The molecule has 2 aromatic rings. The van der Waals surface area contributed by atoms with Crippen LogP contribution < -0.4 is 5.32 Å². The molecule has 0 spiro atoms. The van der Waals surface area contributed by atoms with Gasteiger partial charge in [0.2, 0.25) is 5.91 Å². The molecule has 1 saturated heterocycles. The minimum atomic E-state index is -3.32. The fourth-order valence-electron chi connectivity index (χ4n) is 3.27. The minimum absolute atomic E-state index is 0.0533. The maximum absolute atomic E-state index is 12.8. The van der Waals surface area contributed by atoms with Gasteiger partial charge in [0.05, 0.1) is 11.0 Å². The van der Waals surface area contributed by atoms with Crippen LogP contribution in [0.3, 0.4) is 0 Å². The van der Waals surface area contributed by atoms with Gasteiger partial charge in [-0.3, -0.25) is 9.59 Å². The van der Waals surface area contributed by atoms with Gasteiger partial charge in [0.1, 0.15) is 0 Å². The fraction of sp³-hybridized carbons (Fsp3) is 0.300. The molecule has 2 amide bonds. The summed E-state index contributed by atoms with van der Waals surface area (Å²) in [7, 11) is -3.32. The molecule has 7 heteroatoms. The van der Waals surface area contributed by atoms with Gasteiger partial charge in [-0.25, -0.2) is 8.42 Å². The SMILES string of the molecule is CC(=O)Nc1ccc(C(=O)N2CC[C@@H](c3ccccc3)S(=O)(=O)CC2)cc1. The van der Waals surface area contributed by atoms with Gasteiger partial charge in [0.15, 0.2) is 9.84 Å². The average molecular weight is 386 g/mol. The maximum atomic E-state index is 12.8. The lowest BCUT2D eigenvalue weighted by Crippen LogP contribution is -2.33. The molecule has 0 unspecified atom stereocenters. The molecule has 1 atom stereocenters. The minimum Gasteiger partial charge on any atom is -0.338 e. The number of benzene rings is 2. The standard InChI is InChI=1S/C20H22N2O4S/c1-15(23)21-18-9-7-17(8-10-18)20(24)22-12-11-19(27(25,26)14-13-22)16-5-3-2-4-6-16/h2-10,19H,11-14H2,1H3,(H,21,23)/t19-/m0/s1. The zero-order valence-electron chi connectivity index (χ0n) is 15.1. The number of rotatable bonds is 3. The zero-order valence-corrected chi connectivity index (χ0v) is 15.9. The van der Waals surface area contributed by atoms with Crippen molar-refractivity contribution in [3.8, 4) is 0 Å². The van der Waals surface area contributed by atoms with E-state index in [9.17, 15) is 18.0 Å². The van der Waals surface area contributed by atoms with E-state index in [2.05, 4.69) is 5.32 Å². The first-order valence-electron chi connectivity index (χ1n) is 8.80. The smallest absolute Gasteiger partial charge is 0.253 e. The van der Waals surface area contributed by atoms with Crippen LogP contribution in [0.25, 0.3) is 0 Å². The largest absolute Gasteiger partial charge is 0.338 e. The first-order valence-corrected chi connectivity index (χ1v) is 10.5. The Balaban J connectivity index is 1.75. The highest BCUT2D eigenvalue weighted by molar-refractivity contribution is 7.91. The van der Waals surface area contributed by atoms with Crippen LogP contribution in [0.1, 0.15) is 34.5 Å². The van der Waals surface area contributed by atoms with Crippen molar-refractivity contribution in [2.24, 2.45) is 0 Å². The summed E-state index contributed by atoms with van der Waals surface area (Å²) in [5, 5.41) is 2.07. The lowest BCUT2D eigenvalue weighted by atomic mass is 10.1. The fourth-order valence-corrected chi connectivity index (χ4v) is 5.07. The van der Waals surface area contributed by atoms with Crippen LogP contribution in [0.15, 0.2) is 54.6 Å². The van der Waals surface area contributed by atoms with Crippen LogP contribution in [0.2, 0.25) is 0 Å². The Bertz CT molecular complexity index is 924. The van der Waals surface area contributed by atoms with E-state index in [1.54, 1.807) is 29.2 Å². The van der Waals surface area contributed by atoms with Gasteiger partial charge in [0, 0.05) is 31.3 Å². The maximum Gasteiger partial charge on any atom is 0.253 e. The van der Waals surface area contributed by atoms with E-state index >= 15 is 0 Å². The molecule has 0 radical (unpaired) electrons. The second-order valence-corrected chi connectivity index (χ2v) is 8.91. The van der Waals surface area contributed by atoms with Crippen LogP contribution >= 0.6 is 0 Å². The van der Waals surface area contributed by atoms with Gasteiger partial charge in [-0.05, 0) is 36.2 Å². The molecule has 0 saturated carbocycles. The number of nitrogens with zero attached hydrogens (tertiary/aromatic N) is 1. The monoisotopic (exact) mass is 386 g/mol. The topological polar surface area (TPSA) is 83.6 Å². The summed E-state index contributed by atoms with van der Waals surface area (Å²) in [6.45, 7) is 1.98. The average Bonchev–Trinajstić information content (AvgIpc) is 2.80. The molecule has 0 aromatic heterocycles. The van der Waals surface area contributed by atoms with Crippen molar-refractivity contribution >= 4 is 27.3 Å². The predicted octanol–water partition coefficient (Wildman–Crippen LogP) is 2.65.